The van der Waals surface area contributed by atoms with Gasteiger partial charge in [0.1, 0.15) is 11.8 Å². The van der Waals surface area contributed by atoms with Crippen molar-refractivity contribution in [3.63, 3.8) is 0 Å². The van der Waals surface area contributed by atoms with Crippen molar-refractivity contribution in [2.45, 2.75) is 59.9 Å². The lowest BCUT2D eigenvalue weighted by atomic mass is 9.88. The van der Waals surface area contributed by atoms with E-state index in [0.717, 1.165) is 49.1 Å². The minimum Gasteiger partial charge on any atom is -0.328 e. The van der Waals surface area contributed by atoms with Crippen molar-refractivity contribution < 1.29 is 0 Å². The fraction of sp³-hybridized carbons (Fsp3) is 0.409. The van der Waals surface area contributed by atoms with Crippen LogP contribution in [0, 0.1) is 0 Å². The molecule has 4 heteroatoms. The highest BCUT2D eigenvalue weighted by atomic mass is 15.1. The number of fused-ring (bicyclic) bond motifs is 2. The van der Waals surface area contributed by atoms with E-state index < -0.39 is 0 Å². The van der Waals surface area contributed by atoms with Crippen molar-refractivity contribution in [2.24, 2.45) is 0 Å². The van der Waals surface area contributed by atoms with E-state index >= 15 is 0 Å². The van der Waals surface area contributed by atoms with E-state index in [2.05, 4.69) is 71.5 Å². The number of rotatable bonds is 3. The van der Waals surface area contributed by atoms with Crippen LogP contribution in [0.5, 0.6) is 0 Å². The predicted octanol–water partition coefficient (Wildman–Crippen LogP) is 4.92. The first-order valence-electron chi connectivity index (χ1n) is 9.50. The zero-order valence-electron chi connectivity index (χ0n) is 16.3. The third-order valence-corrected chi connectivity index (χ3v) is 5.07. The van der Waals surface area contributed by atoms with Crippen LogP contribution in [-0.2, 0) is 25.8 Å². The fourth-order valence-electron chi connectivity index (χ4n) is 3.41. The van der Waals surface area contributed by atoms with Crippen LogP contribution in [0.15, 0.2) is 48.1 Å². The van der Waals surface area contributed by atoms with Crippen molar-refractivity contribution in [3.05, 3.63) is 64.9 Å². The standard InChI is InChI=1S/C12H14.C10H14N4/c1-9-7-11-5-3-4-6-12(11)8-10(9)2;1-3-5-8-9-10(12-6-11-8)13-7-14(9)4-2/h3-6H,7-8H2,1-2H3;6-7H,3-5H2,1-2H3. The quantitative estimate of drug-likeness (QED) is 0.631. The number of benzene rings is 1. The van der Waals surface area contributed by atoms with E-state index in [4.69, 9.17) is 0 Å². The Balaban J connectivity index is 0.000000152. The Kier molecular flexibility index (Phi) is 5.82. The Morgan fingerprint density at radius 3 is 2.15 bits per heavy atom. The molecule has 4 rings (SSSR count). The maximum absolute atomic E-state index is 4.31. The highest BCUT2D eigenvalue weighted by molar-refractivity contribution is 5.73. The van der Waals surface area contributed by atoms with E-state index in [0.29, 0.717) is 0 Å². The highest BCUT2D eigenvalue weighted by Crippen LogP contribution is 2.24. The van der Waals surface area contributed by atoms with Gasteiger partial charge in [0.2, 0.25) is 0 Å². The molecule has 0 amide bonds. The molecule has 0 unspecified atom stereocenters. The summed E-state index contributed by atoms with van der Waals surface area (Å²) in [5.74, 6) is 0. The van der Waals surface area contributed by atoms with Gasteiger partial charge in [0.05, 0.1) is 12.0 Å². The lowest BCUT2D eigenvalue weighted by molar-refractivity contribution is 0.773. The number of nitrogens with zero attached hydrogens (tertiary/aromatic N) is 4. The van der Waals surface area contributed by atoms with Crippen LogP contribution in [0.1, 0.15) is 50.9 Å². The SMILES string of the molecule is CC1=C(C)Cc2ccccc2C1.CCCc1ncnc2ncn(CC)c12. The summed E-state index contributed by atoms with van der Waals surface area (Å²) >= 11 is 0. The molecule has 1 aliphatic rings. The second-order valence-corrected chi connectivity index (χ2v) is 6.96. The van der Waals surface area contributed by atoms with Crippen LogP contribution < -0.4 is 0 Å². The molecule has 0 spiro atoms. The summed E-state index contributed by atoms with van der Waals surface area (Å²) < 4.78 is 2.10. The Morgan fingerprint density at radius 2 is 1.58 bits per heavy atom. The first kappa shape index (κ1) is 18.3. The average Bonchev–Trinajstić information content (AvgIpc) is 3.08. The first-order chi connectivity index (χ1) is 12.6. The van der Waals surface area contributed by atoms with Gasteiger partial charge in [-0.1, -0.05) is 48.8 Å². The molecule has 2 aromatic heterocycles. The molecule has 0 saturated heterocycles. The van der Waals surface area contributed by atoms with Gasteiger partial charge in [-0.25, -0.2) is 15.0 Å². The molecule has 4 nitrogen and oxygen atoms in total. The van der Waals surface area contributed by atoms with Crippen molar-refractivity contribution in [1.29, 1.82) is 0 Å². The summed E-state index contributed by atoms with van der Waals surface area (Å²) in [6.07, 6.45) is 7.83. The smallest absolute Gasteiger partial charge is 0.181 e. The molecule has 0 fully saturated rings. The van der Waals surface area contributed by atoms with E-state index in [1.54, 1.807) is 17.5 Å². The Bertz CT molecular complexity index is 888. The molecule has 3 aromatic rings. The summed E-state index contributed by atoms with van der Waals surface area (Å²) in [5.41, 5.74) is 9.14. The summed E-state index contributed by atoms with van der Waals surface area (Å²) in [6, 6.07) is 8.75. The van der Waals surface area contributed by atoms with Crippen molar-refractivity contribution >= 4 is 11.2 Å². The zero-order valence-corrected chi connectivity index (χ0v) is 16.3. The summed E-state index contributed by atoms with van der Waals surface area (Å²) in [5, 5.41) is 0. The second-order valence-electron chi connectivity index (χ2n) is 6.96. The van der Waals surface area contributed by atoms with Gasteiger partial charge in [-0.05, 0) is 51.2 Å². The molecule has 1 aliphatic carbocycles. The van der Waals surface area contributed by atoms with Gasteiger partial charge in [-0.3, -0.25) is 0 Å². The molecule has 26 heavy (non-hydrogen) atoms. The fourth-order valence-corrected chi connectivity index (χ4v) is 3.41. The van der Waals surface area contributed by atoms with Gasteiger partial charge in [-0.2, -0.15) is 0 Å². The van der Waals surface area contributed by atoms with E-state index in [1.807, 2.05) is 6.33 Å². The van der Waals surface area contributed by atoms with E-state index in [9.17, 15) is 0 Å². The third kappa shape index (κ3) is 3.85. The van der Waals surface area contributed by atoms with Crippen molar-refractivity contribution in [3.8, 4) is 0 Å². The van der Waals surface area contributed by atoms with Gasteiger partial charge in [-0.15, -0.1) is 0 Å². The number of hydrogen-bond acceptors (Lipinski definition) is 3. The molecule has 1 aromatic carbocycles. The van der Waals surface area contributed by atoms with Crippen LogP contribution in [-0.4, -0.2) is 19.5 Å². The average molecular weight is 348 g/mol. The van der Waals surface area contributed by atoms with E-state index in [-0.39, 0.29) is 0 Å². The molecule has 0 radical (unpaired) electrons. The topological polar surface area (TPSA) is 43.6 Å². The molecule has 0 saturated carbocycles. The van der Waals surface area contributed by atoms with Gasteiger partial charge in [0.25, 0.3) is 0 Å². The molecular weight excluding hydrogens is 320 g/mol. The molecular formula is C22H28N4. The molecule has 0 N–H and O–H groups in total. The van der Waals surface area contributed by atoms with Gasteiger partial charge < -0.3 is 4.57 Å². The predicted molar refractivity (Wildman–Crippen MR) is 107 cm³/mol. The third-order valence-electron chi connectivity index (χ3n) is 5.07. The number of allylic oxidation sites excluding steroid dienone is 2. The number of imidazole rings is 1. The van der Waals surface area contributed by atoms with Crippen LogP contribution in [0.4, 0.5) is 0 Å². The van der Waals surface area contributed by atoms with Crippen molar-refractivity contribution in [2.75, 3.05) is 0 Å². The van der Waals surface area contributed by atoms with Gasteiger partial charge >= 0.3 is 0 Å². The van der Waals surface area contributed by atoms with Gasteiger partial charge in [0.15, 0.2) is 5.65 Å². The lowest BCUT2D eigenvalue weighted by Crippen LogP contribution is -2.04. The molecule has 136 valence electrons. The van der Waals surface area contributed by atoms with Crippen LogP contribution in [0.25, 0.3) is 11.2 Å². The minimum absolute atomic E-state index is 0.810. The lowest BCUT2D eigenvalue weighted by Gasteiger charge is -2.18. The largest absolute Gasteiger partial charge is 0.328 e. The summed E-state index contributed by atoms with van der Waals surface area (Å²) in [6.45, 7) is 9.65. The maximum atomic E-state index is 4.31. The van der Waals surface area contributed by atoms with E-state index in [1.165, 1.54) is 11.1 Å². The van der Waals surface area contributed by atoms with Crippen LogP contribution in [0.2, 0.25) is 0 Å². The van der Waals surface area contributed by atoms with Gasteiger partial charge in [0, 0.05) is 6.54 Å². The molecule has 0 bridgehead atoms. The maximum Gasteiger partial charge on any atom is 0.181 e. The number of aromatic nitrogens is 4. The molecule has 0 atom stereocenters. The summed E-state index contributed by atoms with van der Waals surface area (Å²) in [7, 11) is 0. The Labute approximate surface area is 156 Å². The normalized spacial score (nSPS) is 13.4. The van der Waals surface area contributed by atoms with Crippen LogP contribution in [0.3, 0.4) is 0 Å². The first-order valence-corrected chi connectivity index (χ1v) is 9.50. The monoisotopic (exact) mass is 348 g/mol. The second kappa shape index (κ2) is 8.26. The Morgan fingerprint density at radius 1 is 0.923 bits per heavy atom. The summed E-state index contributed by atoms with van der Waals surface area (Å²) in [4.78, 5) is 12.7. The Hall–Kier alpha value is -2.49. The minimum atomic E-state index is 0.810. The number of aryl methyl sites for hydroxylation is 2. The van der Waals surface area contributed by atoms with Crippen molar-refractivity contribution in [1.82, 2.24) is 19.5 Å². The van der Waals surface area contributed by atoms with Crippen LogP contribution >= 0.6 is 0 Å². The highest BCUT2D eigenvalue weighted by Gasteiger charge is 2.11. The molecule has 2 heterocycles. The zero-order chi connectivity index (χ0) is 18.5. The number of hydrogen-bond donors (Lipinski definition) is 0. The molecule has 0 aliphatic heterocycles.